The minimum absolute atomic E-state index is 0.164. The van der Waals surface area contributed by atoms with Gasteiger partial charge < -0.3 is 34.1 Å². The lowest BCUT2D eigenvalue weighted by Crippen LogP contribution is -2.66. The largest absolute Gasteiger partial charge is 0.445 e. The molecule has 184 valence electrons. The third-order valence-corrected chi connectivity index (χ3v) is 5.67. The molecule has 2 N–H and O–H groups in total. The average molecular weight is 533 g/mol. The summed E-state index contributed by atoms with van der Waals surface area (Å²) in [6, 6.07) is 17.7. The number of nitrogens with one attached hydrogen (secondary N) is 1. The van der Waals surface area contributed by atoms with E-state index in [0.29, 0.717) is 0 Å². The van der Waals surface area contributed by atoms with Crippen LogP contribution in [0.5, 0.6) is 0 Å². The van der Waals surface area contributed by atoms with Gasteiger partial charge in [-0.25, -0.2) is 4.79 Å². The van der Waals surface area contributed by atoms with E-state index in [1.807, 2.05) is 60.7 Å². The second-order valence-electron chi connectivity index (χ2n) is 7.87. The minimum atomic E-state index is -1.78. The van der Waals surface area contributed by atoms with E-state index in [4.69, 9.17) is 58.5 Å². The highest BCUT2D eigenvalue weighted by Gasteiger charge is 2.50. The molecule has 2 aliphatic heterocycles. The summed E-state index contributed by atoms with van der Waals surface area (Å²) in [6.45, 7) is -0.128. The second kappa shape index (κ2) is 11.4. The van der Waals surface area contributed by atoms with Gasteiger partial charge in [-0.1, -0.05) is 95.5 Å². The monoisotopic (exact) mass is 531 g/mol. The molecular weight excluding hydrogens is 509 g/mol. The number of rotatable bonds is 6. The standard InChI is InChI=1S/C23H24Cl3NO7/c24-23(25,26)13-32-22(29)27-17-18(28)19-16(12-31-20(34-19)15-9-5-2-6-10-15)33-21(17)30-11-14-7-3-1-4-8-14/h1-10,16-21,28H,11-13H2,(H,27,29)/t16?,17?,18-,19-,20?,21+/m1/s1. The molecule has 3 unspecified atom stereocenters. The number of ether oxygens (including phenoxy) is 5. The summed E-state index contributed by atoms with van der Waals surface area (Å²) in [4.78, 5) is 12.4. The number of hydrogen-bond donors (Lipinski definition) is 2. The highest BCUT2D eigenvalue weighted by atomic mass is 35.6. The predicted molar refractivity (Wildman–Crippen MR) is 124 cm³/mol. The molecule has 2 aliphatic rings. The molecule has 0 aromatic heterocycles. The molecule has 0 saturated carbocycles. The van der Waals surface area contributed by atoms with Gasteiger partial charge in [0, 0.05) is 5.56 Å². The van der Waals surface area contributed by atoms with Crippen LogP contribution in [0.2, 0.25) is 0 Å². The zero-order chi connectivity index (χ0) is 24.1. The summed E-state index contributed by atoms with van der Waals surface area (Å²) < 4.78 is 27.0. The van der Waals surface area contributed by atoms with Gasteiger partial charge in [0.1, 0.15) is 31.0 Å². The van der Waals surface area contributed by atoms with Gasteiger partial charge in [-0.2, -0.15) is 0 Å². The lowest BCUT2D eigenvalue weighted by Gasteiger charge is -2.47. The van der Waals surface area contributed by atoms with E-state index in [2.05, 4.69) is 5.32 Å². The van der Waals surface area contributed by atoms with Gasteiger partial charge in [0.05, 0.1) is 13.2 Å². The first-order valence-corrected chi connectivity index (χ1v) is 11.7. The molecular formula is C23H24Cl3NO7. The molecule has 2 fully saturated rings. The van der Waals surface area contributed by atoms with Crippen LogP contribution in [0.25, 0.3) is 0 Å². The first-order valence-electron chi connectivity index (χ1n) is 10.6. The molecule has 2 aromatic carbocycles. The van der Waals surface area contributed by atoms with Crippen molar-refractivity contribution in [2.45, 2.75) is 47.3 Å². The zero-order valence-corrected chi connectivity index (χ0v) is 20.2. The van der Waals surface area contributed by atoms with Crippen LogP contribution in [0.4, 0.5) is 4.79 Å². The molecule has 0 aliphatic carbocycles. The molecule has 0 radical (unpaired) electrons. The summed E-state index contributed by atoms with van der Waals surface area (Å²) in [5, 5.41) is 13.7. The Kier molecular flexibility index (Phi) is 8.55. The minimum Gasteiger partial charge on any atom is -0.445 e. The number of carbonyl (C=O) groups is 1. The van der Waals surface area contributed by atoms with E-state index in [0.717, 1.165) is 11.1 Å². The van der Waals surface area contributed by atoms with Crippen molar-refractivity contribution in [2.75, 3.05) is 13.2 Å². The van der Waals surface area contributed by atoms with Gasteiger partial charge >= 0.3 is 6.09 Å². The molecule has 2 aromatic rings. The molecule has 2 heterocycles. The highest BCUT2D eigenvalue weighted by molar-refractivity contribution is 6.67. The van der Waals surface area contributed by atoms with Crippen molar-refractivity contribution in [1.29, 1.82) is 0 Å². The fourth-order valence-corrected chi connectivity index (χ4v) is 3.91. The number of fused-ring (bicyclic) bond motifs is 1. The van der Waals surface area contributed by atoms with E-state index in [-0.39, 0.29) is 13.2 Å². The van der Waals surface area contributed by atoms with Crippen molar-refractivity contribution in [3.63, 3.8) is 0 Å². The number of benzene rings is 2. The number of carbonyl (C=O) groups excluding carboxylic acids is 1. The summed E-state index contributed by atoms with van der Waals surface area (Å²) in [5.74, 6) is 0. The van der Waals surface area contributed by atoms with Crippen LogP contribution in [-0.4, -0.2) is 58.8 Å². The Morgan fingerprint density at radius 1 is 1.06 bits per heavy atom. The van der Waals surface area contributed by atoms with Crippen molar-refractivity contribution in [2.24, 2.45) is 0 Å². The predicted octanol–water partition coefficient (Wildman–Crippen LogP) is 3.87. The topological polar surface area (TPSA) is 95.5 Å². The van der Waals surface area contributed by atoms with Gasteiger partial charge in [-0.3, -0.25) is 0 Å². The third-order valence-electron chi connectivity index (χ3n) is 5.35. The summed E-state index contributed by atoms with van der Waals surface area (Å²) >= 11 is 17.0. The molecule has 0 spiro atoms. The van der Waals surface area contributed by atoms with Crippen LogP contribution in [0.1, 0.15) is 17.4 Å². The first kappa shape index (κ1) is 25.5. The fraction of sp³-hybridized carbons (Fsp3) is 0.435. The normalized spacial score (nSPS) is 29.2. The van der Waals surface area contributed by atoms with Crippen LogP contribution >= 0.6 is 34.8 Å². The van der Waals surface area contributed by atoms with Gasteiger partial charge in [-0.05, 0) is 5.56 Å². The molecule has 11 heteroatoms. The van der Waals surface area contributed by atoms with E-state index >= 15 is 0 Å². The average Bonchev–Trinajstić information content (AvgIpc) is 2.84. The van der Waals surface area contributed by atoms with E-state index in [1.165, 1.54) is 0 Å². The Bertz CT molecular complexity index is 931. The molecule has 1 amide bonds. The lowest BCUT2D eigenvalue weighted by molar-refractivity contribution is -0.345. The molecule has 2 saturated heterocycles. The van der Waals surface area contributed by atoms with Gasteiger partial charge in [0.2, 0.25) is 3.79 Å². The van der Waals surface area contributed by atoms with Crippen molar-refractivity contribution < 1.29 is 33.6 Å². The van der Waals surface area contributed by atoms with Gasteiger partial charge in [0.15, 0.2) is 12.6 Å². The Hall–Kier alpha value is -1.62. The van der Waals surface area contributed by atoms with Gasteiger partial charge in [0.25, 0.3) is 0 Å². The number of halogens is 3. The third kappa shape index (κ3) is 6.74. The van der Waals surface area contributed by atoms with Crippen molar-refractivity contribution in [3.8, 4) is 0 Å². The maximum atomic E-state index is 12.4. The van der Waals surface area contributed by atoms with Crippen LogP contribution < -0.4 is 5.32 Å². The Balaban J connectivity index is 1.47. The lowest BCUT2D eigenvalue weighted by atomic mass is 9.96. The number of aliphatic hydroxyl groups excluding tert-OH is 1. The number of amides is 1. The highest BCUT2D eigenvalue weighted by Crippen LogP contribution is 2.34. The number of hydrogen-bond acceptors (Lipinski definition) is 7. The van der Waals surface area contributed by atoms with Crippen LogP contribution in [-0.2, 0) is 30.3 Å². The van der Waals surface area contributed by atoms with Crippen LogP contribution in [0.15, 0.2) is 60.7 Å². The molecule has 34 heavy (non-hydrogen) atoms. The Labute approximate surface area is 211 Å². The first-order chi connectivity index (χ1) is 16.3. The Morgan fingerprint density at radius 2 is 1.74 bits per heavy atom. The molecule has 8 nitrogen and oxygen atoms in total. The molecule has 4 rings (SSSR count). The maximum Gasteiger partial charge on any atom is 0.407 e. The van der Waals surface area contributed by atoms with Crippen molar-refractivity contribution in [3.05, 3.63) is 71.8 Å². The van der Waals surface area contributed by atoms with Crippen molar-refractivity contribution >= 4 is 40.9 Å². The van der Waals surface area contributed by atoms with Gasteiger partial charge in [-0.15, -0.1) is 0 Å². The number of alkyl halides is 3. The fourth-order valence-electron chi connectivity index (χ4n) is 3.75. The summed E-state index contributed by atoms with van der Waals surface area (Å²) in [5.41, 5.74) is 1.68. The number of alkyl carbamates (subject to hydrolysis) is 1. The SMILES string of the molecule is O=C(NC1[C@@H](OCc2ccccc2)OC2COC(c3ccccc3)O[C@H]2[C@@H]1O)OCC(Cl)(Cl)Cl. The van der Waals surface area contributed by atoms with Crippen LogP contribution in [0, 0.1) is 0 Å². The molecule has 6 atom stereocenters. The van der Waals surface area contributed by atoms with Crippen molar-refractivity contribution in [1.82, 2.24) is 5.32 Å². The second-order valence-corrected chi connectivity index (χ2v) is 10.4. The van der Waals surface area contributed by atoms with E-state index in [1.54, 1.807) is 0 Å². The number of aliphatic hydroxyl groups is 1. The van der Waals surface area contributed by atoms with Crippen LogP contribution in [0.3, 0.4) is 0 Å². The van der Waals surface area contributed by atoms with E-state index < -0.39 is 53.4 Å². The maximum absolute atomic E-state index is 12.4. The molecule has 0 bridgehead atoms. The summed E-state index contributed by atoms with van der Waals surface area (Å²) in [6.07, 6.45) is -5.23. The summed E-state index contributed by atoms with van der Waals surface area (Å²) in [7, 11) is 0. The van der Waals surface area contributed by atoms with E-state index in [9.17, 15) is 9.90 Å². The smallest absolute Gasteiger partial charge is 0.407 e. The zero-order valence-electron chi connectivity index (χ0n) is 17.9. The quantitative estimate of drug-likeness (QED) is 0.545. The Morgan fingerprint density at radius 3 is 2.41 bits per heavy atom.